The van der Waals surface area contributed by atoms with Crippen molar-refractivity contribution < 1.29 is 24.5 Å². The minimum atomic E-state index is -0.901. The Hall–Kier alpha value is -3.13. The SMILES string of the molecule is COc1ccc(C(=O)N[C@@H]2CCN(C(=O)c3ccccn3)C[C@H]2O)cc1O. The molecule has 8 heteroatoms. The quantitative estimate of drug-likeness (QED) is 0.733. The van der Waals surface area contributed by atoms with Crippen LogP contribution in [0.2, 0.25) is 0 Å². The Morgan fingerprint density at radius 2 is 2.11 bits per heavy atom. The van der Waals surface area contributed by atoms with E-state index >= 15 is 0 Å². The summed E-state index contributed by atoms with van der Waals surface area (Å²) in [6, 6.07) is 8.92. The van der Waals surface area contributed by atoms with E-state index in [4.69, 9.17) is 4.74 Å². The number of piperidine rings is 1. The fourth-order valence-corrected chi connectivity index (χ4v) is 3.02. The molecule has 2 amide bonds. The first kappa shape index (κ1) is 18.7. The Bertz CT molecular complexity index is 827. The van der Waals surface area contributed by atoms with Gasteiger partial charge >= 0.3 is 0 Å². The van der Waals surface area contributed by atoms with Gasteiger partial charge in [-0.15, -0.1) is 0 Å². The zero-order valence-corrected chi connectivity index (χ0v) is 14.8. The number of phenolic OH excluding ortho intramolecular Hbond substituents is 1. The summed E-state index contributed by atoms with van der Waals surface area (Å²) in [6.07, 6.45) is 1.05. The molecule has 2 heterocycles. The molecular weight excluding hydrogens is 350 g/mol. The highest BCUT2D eigenvalue weighted by molar-refractivity contribution is 5.95. The molecule has 0 unspecified atom stereocenters. The van der Waals surface area contributed by atoms with Gasteiger partial charge in [0, 0.05) is 24.8 Å². The number of carbonyl (C=O) groups is 2. The van der Waals surface area contributed by atoms with E-state index in [0.717, 1.165) is 0 Å². The van der Waals surface area contributed by atoms with Crippen molar-refractivity contribution in [2.24, 2.45) is 0 Å². The molecule has 1 aromatic heterocycles. The summed E-state index contributed by atoms with van der Waals surface area (Å²) in [5.74, 6) is -0.532. The molecule has 27 heavy (non-hydrogen) atoms. The lowest BCUT2D eigenvalue weighted by atomic mass is 10.0. The molecule has 3 rings (SSSR count). The van der Waals surface area contributed by atoms with E-state index in [1.54, 1.807) is 24.4 Å². The first-order chi connectivity index (χ1) is 13.0. The number of aromatic nitrogens is 1. The third kappa shape index (κ3) is 4.17. The van der Waals surface area contributed by atoms with E-state index in [0.29, 0.717) is 18.7 Å². The van der Waals surface area contributed by atoms with Crippen LogP contribution in [0.5, 0.6) is 11.5 Å². The summed E-state index contributed by atoms with van der Waals surface area (Å²) in [4.78, 5) is 30.4. The molecule has 1 aliphatic rings. The van der Waals surface area contributed by atoms with Crippen molar-refractivity contribution in [2.45, 2.75) is 18.6 Å². The van der Waals surface area contributed by atoms with Gasteiger partial charge in [-0.25, -0.2) is 0 Å². The Kier molecular flexibility index (Phi) is 5.56. The molecule has 0 radical (unpaired) electrons. The minimum absolute atomic E-state index is 0.105. The number of carbonyl (C=O) groups excluding carboxylic acids is 2. The number of nitrogens with zero attached hydrogens (tertiary/aromatic N) is 2. The molecule has 1 aliphatic heterocycles. The van der Waals surface area contributed by atoms with E-state index in [2.05, 4.69) is 10.3 Å². The second-order valence-corrected chi connectivity index (χ2v) is 6.29. The van der Waals surface area contributed by atoms with Crippen molar-refractivity contribution in [1.29, 1.82) is 0 Å². The number of β-amino-alcohol motifs (C(OH)–C–C–N with tert-alkyl or cyclic N) is 1. The highest BCUT2D eigenvalue weighted by atomic mass is 16.5. The molecule has 0 bridgehead atoms. The van der Waals surface area contributed by atoms with E-state index in [1.165, 1.54) is 30.2 Å². The fourth-order valence-electron chi connectivity index (χ4n) is 3.02. The number of aliphatic hydroxyl groups is 1. The highest BCUT2D eigenvalue weighted by Gasteiger charge is 2.32. The summed E-state index contributed by atoms with van der Waals surface area (Å²) in [5.41, 5.74) is 0.577. The average Bonchev–Trinajstić information content (AvgIpc) is 2.69. The molecular formula is C19H21N3O5. The number of hydrogen-bond donors (Lipinski definition) is 3. The zero-order valence-electron chi connectivity index (χ0n) is 14.8. The zero-order chi connectivity index (χ0) is 19.4. The lowest BCUT2D eigenvalue weighted by molar-refractivity contribution is 0.0311. The molecule has 0 spiro atoms. The number of pyridine rings is 1. The number of phenols is 1. The number of hydrogen-bond acceptors (Lipinski definition) is 6. The fraction of sp³-hybridized carbons (Fsp3) is 0.316. The van der Waals surface area contributed by atoms with Crippen LogP contribution in [0.25, 0.3) is 0 Å². The predicted molar refractivity (Wildman–Crippen MR) is 96.7 cm³/mol. The molecule has 2 atom stereocenters. The van der Waals surface area contributed by atoms with Crippen LogP contribution in [0.1, 0.15) is 27.3 Å². The number of amides is 2. The highest BCUT2D eigenvalue weighted by Crippen LogP contribution is 2.26. The first-order valence-electron chi connectivity index (χ1n) is 8.56. The van der Waals surface area contributed by atoms with Gasteiger partial charge in [0.15, 0.2) is 11.5 Å². The molecule has 1 fully saturated rings. The predicted octanol–water partition coefficient (Wildman–Crippen LogP) is 0.801. The van der Waals surface area contributed by atoms with E-state index in [9.17, 15) is 19.8 Å². The third-order valence-corrected chi connectivity index (χ3v) is 4.51. The van der Waals surface area contributed by atoms with Gasteiger partial charge in [-0.05, 0) is 36.8 Å². The number of benzene rings is 1. The summed E-state index contributed by atoms with van der Waals surface area (Å²) in [7, 11) is 1.42. The van der Waals surface area contributed by atoms with Gasteiger partial charge in [0.2, 0.25) is 0 Å². The van der Waals surface area contributed by atoms with Gasteiger partial charge < -0.3 is 25.2 Å². The van der Waals surface area contributed by atoms with E-state index < -0.39 is 18.1 Å². The largest absolute Gasteiger partial charge is 0.504 e. The van der Waals surface area contributed by atoms with Crippen LogP contribution in [0.15, 0.2) is 42.6 Å². The average molecular weight is 371 g/mol. The smallest absolute Gasteiger partial charge is 0.272 e. The molecule has 1 saturated heterocycles. The number of ether oxygens (including phenoxy) is 1. The molecule has 0 saturated carbocycles. The minimum Gasteiger partial charge on any atom is -0.504 e. The van der Waals surface area contributed by atoms with Gasteiger partial charge in [0.1, 0.15) is 5.69 Å². The maximum Gasteiger partial charge on any atom is 0.272 e. The normalized spacial score (nSPS) is 19.4. The lowest BCUT2D eigenvalue weighted by Gasteiger charge is -2.36. The van der Waals surface area contributed by atoms with Crippen LogP contribution in [-0.2, 0) is 0 Å². The van der Waals surface area contributed by atoms with Crippen LogP contribution in [0.4, 0.5) is 0 Å². The van der Waals surface area contributed by atoms with Crippen LogP contribution < -0.4 is 10.1 Å². The van der Waals surface area contributed by atoms with Gasteiger partial charge in [-0.2, -0.15) is 0 Å². The number of aromatic hydroxyl groups is 1. The molecule has 142 valence electrons. The van der Waals surface area contributed by atoms with Crippen molar-refractivity contribution in [3.05, 3.63) is 53.9 Å². The lowest BCUT2D eigenvalue weighted by Crippen LogP contribution is -2.55. The Morgan fingerprint density at radius 3 is 2.74 bits per heavy atom. The van der Waals surface area contributed by atoms with Crippen molar-refractivity contribution in [2.75, 3.05) is 20.2 Å². The van der Waals surface area contributed by atoms with Crippen molar-refractivity contribution in [1.82, 2.24) is 15.2 Å². The maximum absolute atomic E-state index is 12.4. The number of likely N-dealkylation sites (tertiary alicyclic amines) is 1. The van der Waals surface area contributed by atoms with Crippen LogP contribution in [-0.4, -0.2) is 64.3 Å². The number of methoxy groups -OCH3 is 1. The van der Waals surface area contributed by atoms with Gasteiger partial charge in [-0.1, -0.05) is 6.07 Å². The number of rotatable bonds is 4. The topological polar surface area (TPSA) is 112 Å². The first-order valence-corrected chi connectivity index (χ1v) is 8.56. The summed E-state index contributed by atoms with van der Waals surface area (Å²) < 4.78 is 4.95. The number of nitrogens with one attached hydrogen (secondary N) is 1. The molecule has 3 N–H and O–H groups in total. The summed E-state index contributed by atoms with van der Waals surface area (Å²) in [5, 5.41) is 22.9. The standard InChI is InChI=1S/C19H21N3O5/c1-27-17-6-5-12(10-15(17)23)18(25)21-13-7-9-22(11-16(13)24)19(26)14-4-2-3-8-20-14/h2-6,8,10,13,16,23-24H,7,9,11H2,1H3,(H,21,25)/t13-,16-/m1/s1. The molecule has 8 nitrogen and oxygen atoms in total. The van der Waals surface area contributed by atoms with E-state index in [-0.39, 0.29) is 29.5 Å². The summed E-state index contributed by atoms with van der Waals surface area (Å²) in [6.45, 7) is 0.499. The monoisotopic (exact) mass is 371 g/mol. The van der Waals surface area contributed by atoms with Crippen LogP contribution in [0, 0.1) is 0 Å². The van der Waals surface area contributed by atoms with Crippen LogP contribution in [0.3, 0.4) is 0 Å². The van der Waals surface area contributed by atoms with Gasteiger partial charge in [0.05, 0.1) is 19.3 Å². The van der Waals surface area contributed by atoms with Gasteiger partial charge in [-0.3, -0.25) is 14.6 Å². The Morgan fingerprint density at radius 1 is 1.30 bits per heavy atom. The molecule has 1 aromatic carbocycles. The number of aliphatic hydroxyl groups excluding tert-OH is 1. The van der Waals surface area contributed by atoms with Crippen molar-refractivity contribution in [3.63, 3.8) is 0 Å². The van der Waals surface area contributed by atoms with E-state index in [1.807, 2.05) is 0 Å². The van der Waals surface area contributed by atoms with Crippen molar-refractivity contribution >= 4 is 11.8 Å². The summed E-state index contributed by atoms with van der Waals surface area (Å²) >= 11 is 0. The maximum atomic E-state index is 12.4. The van der Waals surface area contributed by atoms with Crippen molar-refractivity contribution in [3.8, 4) is 11.5 Å². The van der Waals surface area contributed by atoms with Crippen LogP contribution >= 0.6 is 0 Å². The Balaban J connectivity index is 1.61. The second kappa shape index (κ2) is 8.05. The molecule has 0 aliphatic carbocycles. The Labute approximate surface area is 156 Å². The second-order valence-electron chi connectivity index (χ2n) is 6.29. The van der Waals surface area contributed by atoms with Gasteiger partial charge in [0.25, 0.3) is 11.8 Å². The third-order valence-electron chi connectivity index (χ3n) is 4.51. The molecule has 2 aromatic rings.